The highest BCUT2D eigenvalue weighted by Gasteiger charge is 2.30. The number of hydrogen-bond acceptors (Lipinski definition) is 4. The third-order valence-corrected chi connectivity index (χ3v) is 3.43. The third-order valence-electron chi connectivity index (χ3n) is 2.97. The molecule has 0 radical (unpaired) electrons. The number of aromatic nitrogens is 3. The highest BCUT2D eigenvalue weighted by molar-refractivity contribution is 9.10. The Bertz CT molecular complexity index is 652. The van der Waals surface area contributed by atoms with Crippen molar-refractivity contribution in [1.82, 2.24) is 19.9 Å². The van der Waals surface area contributed by atoms with E-state index in [0.717, 1.165) is 10.2 Å². The maximum atomic E-state index is 11.9. The number of imide groups is 1. The van der Waals surface area contributed by atoms with E-state index in [0.29, 0.717) is 18.5 Å². The zero-order valence-electron chi connectivity index (χ0n) is 9.26. The van der Waals surface area contributed by atoms with Gasteiger partial charge in [0.15, 0.2) is 5.65 Å². The lowest BCUT2D eigenvalue weighted by atomic mass is 9.94. The Morgan fingerprint density at radius 1 is 1.39 bits per heavy atom. The number of rotatable bonds is 1. The molecule has 1 aliphatic rings. The summed E-state index contributed by atoms with van der Waals surface area (Å²) in [7, 11) is 0. The number of carbonyl (C=O) groups is 2. The number of carbonyl (C=O) groups excluding carboxylic acids is 2. The summed E-state index contributed by atoms with van der Waals surface area (Å²) < 4.78 is 2.47. The number of hydrogen-bond donors (Lipinski definition) is 1. The highest BCUT2D eigenvalue weighted by atomic mass is 79.9. The monoisotopic (exact) mass is 308 g/mol. The molecule has 2 aromatic heterocycles. The molecule has 7 heteroatoms. The molecule has 0 aromatic carbocycles. The average molecular weight is 309 g/mol. The van der Waals surface area contributed by atoms with Crippen LogP contribution in [0.4, 0.5) is 0 Å². The van der Waals surface area contributed by atoms with Gasteiger partial charge >= 0.3 is 0 Å². The molecule has 1 aliphatic heterocycles. The predicted molar refractivity (Wildman–Crippen MR) is 65.8 cm³/mol. The highest BCUT2D eigenvalue weighted by Crippen LogP contribution is 2.27. The predicted octanol–water partition coefficient (Wildman–Crippen LogP) is 1.01. The standard InChI is InChI=1S/C11H9BrN4O2/c12-6-3-8(16-9(4-6)13-5-14-16)7-1-2-10(17)15-11(7)18/h3-5,7H,1-2H2,(H,15,17,18). The summed E-state index contributed by atoms with van der Waals surface area (Å²) in [5, 5.41) is 6.46. The molecule has 2 amide bonds. The number of nitrogens with one attached hydrogen (secondary N) is 1. The fourth-order valence-corrected chi connectivity index (χ4v) is 2.58. The fourth-order valence-electron chi connectivity index (χ4n) is 2.14. The van der Waals surface area contributed by atoms with Gasteiger partial charge in [-0.25, -0.2) is 9.50 Å². The smallest absolute Gasteiger partial charge is 0.235 e. The van der Waals surface area contributed by atoms with E-state index in [-0.39, 0.29) is 17.7 Å². The largest absolute Gasteiger partial charge is 0.296 e. The van der Waals surface area contributed by atoms with Crippen molar-refractivity contribution in [3.63, 3.8) is 0 Å². The van der Waals surface area contributed by atoms with E-state index in [1.165, 1.54) is 6.33 Å². The van der Waals surface area contributed by atoms with Gasteiger partial charge in [0, 0.05) is 10.9 Å². The minimum absolute atomic E-state index is 0.221. The van der Waals surface area contributed by atoms with Crippen molar-refractivity contribution >= 4 is 33.4 Å². The molecule has 6 nitrogen and oxygen atoms in total. The van der Waals surface area contributed by atoms with Crippen LogP contribution in [0.1, 0.15) is 24.5 Å². The van der Waals surface area contributed by atoms with Crippen LogP contribution >= 0.6 is 15.9 Å². The Labute approximate surface area is 111 Å². The van der Waals surface area contributed by atoms with Crippen molar-refractivity contribution in [2.45, 2.75) is 18.8 Å². The molecular weight excluding hydrogens is 300 g/mol. The van der Waals surface area contributed by atoms with Gasteiger partial charge in [-0.3, -0.25) is 14.9 Å². The first kappa shape index (κ1) is 11.3. The van der Waals surface area contributed by atoms with Crippen LogP contribution in [0, 0.1) is 0 Å². The van der Waals surface area contributed by atoms with Crippen LogP contribution in [0.5, 0.6) is 0 Å². The Kier molecular flexibility index (Phi) is 2.62. The molecule has 1 fully saturated rings. The summed E-state index contributed by atoms with van der Waals surface area (Å²) in [6.45, 7) is 0. The van der Waals surface area contributed by atoms with E-state index in [2.05, 4.69) is 31.3 Å². The maximum Gasteiger partial charge on any atom is 0.235 e. The average Bonchev–Trinajstić information content (AvgIpc) is 2.76. The van der Waals surface area contributed by atoms with Crippen molar-refractivity contribution in [3.05, 3.63) is 28.6 Å². The van der Waals surface area contributed by atoms with E-state index in [1.54, 1.807) is 4.52 Å². The van der Waals surface area contributed by atoms with Crippen LogP contribution in [0.25, 0.3) is 5.65 Å². The SMILES string of the molecule is O=C1CCC(c2cc(Br)cc3ncnn23)C(=O)N1. The second-order valence-corrected chi connectivity index (χ2v) is 5.05. The van der Waals surface area contributed by atoms with E-state index < -0.39 is 0 Å². The molecule has 92 valence electrons. The Balaban J connectivity index is 2.11. The molecule has 18 heavy (non-hydrogen) atoms. The molecule has 1 N–H and O–H groups in total. The number of halogens is 1. The minimum Gasteiger partial charge on any atom is -0.296 e. The van der Waals surface area contributed by atoms with E-state index in [4.69, 9.17) is 0 Å². The molecule has 2 aromatic rings. The van der Waals surface area contributed by atoms with Crippen LogP contribution in [-0.2, 0) is 9.59 Å². The second kappa shape index (κ2) is 4.16. The fraction of sp³-hybridized carbons (Fsp3) is 0.273. The molecule has 1 unspecified atom stereocenters. The van der Waals surface area contributed by atoms with E-state index in [1.807, 2.05) is 12.1 Å². The topological polar surface area (TPSA) is 76.4 Å². The molecule has 0 spiro atoms. The molecule has 0 aliphatic carbocycles. The number of fused-ring (bicyclic) bond motifs is 1. The van der Waals surface area contributed by atoms with Crippen LogP contribution in [0.2, 0.25) is 0 Å². The summed E-state index contributed by atoms with van der Waals surface area (Å²) in [5.74, 6) is -0.869. The molecule has 1 atom stereocenters. The summed E-state index contributed by atoms with van der Waals surface area (Å²) in [4.78, 5) is 27.1. The van der Waals surface area contributed by atoms with Crippen LogP contribution in [-0.4, -0.2) is 26.4 Å². The van der Waals surface area contributed by atoms with Crippen molar-refractivity contribution in [2.75, 3.05) is 0 Å². The van der Waals surface area contributed by atoms with Gasteiger partial charge in [0.1, 0.15) is 6.33 Å². The van der Waals surface area contributed by atoms with Gasteiger partial charge in [-0.2, -0.15) is 5.10 Å². The lowest BCUT2D eigenvalue weighted by Crippen LogP contribution is -2.40. The first-order valence-electron chi connectivity index (χ1n) is 5.48. The lowest BCUT2D eigenvalue weighted by molar-refractivity contribution is -0.134. The van der Waals surface area contributed by atoms with Crippen molar-refractivity contribution in [2.24, 2.45) is 0 Å². The summed E-state index contributed by atoms with van der Waals surface area (Å²) in [5.41, 5.74) is 1.41. The number of amides is 2. The Hall–Kier alpha value is -1.76. The number of piperidine rings is 1. The Morgan fingerprint density at radius 3 is 3.00 bits per heavy atom. The number of pyridine rings is 1. The third kappa shape index (κ3) is 1.80. The van der Waals surface area contributed by atoms with Crippen molar-refractivity contribution in [1.29, 1.82) is 0 Å². The molecule has 0 saturated carbocycles. The van der Waals surface area contributed by atoms with Gasteiger partial charge in [0.25, 0.3) is 0 Å². The molecular formula is C11H9BrN4O2. The summed E-state index contributed by atoms with van der Waals surface area (Å²) in [6.07, 6.45) is 2.28. The normalized spacial score (nSPS) is 20.2. The first-order valence-corrected chi connectivity index (χ1v) is 6.27. The van der Waals surface area contributed by atoms with Crippen molar-refractivity contribution < 1.29 is 9.59 Å². The van der Waals surface area contributed by atoms with E-state index in [9.17, 15) is 9.59 Å². The van der Waals surface area contributed by atoms with Crippen LogP contribution in [0.15, 0.2) is 22.9 Å². The zero-order chi connectivity index (χ0) is 12.7. The van der Waals surface area contributed by atoms with Gasteiger partial charge in [0.2, 0.25) is 11.8 Å². The summed E-state index contributed by atoms with van der Waals surface area (Å²) in [6, 6.07) is 3.66. The van der Waals surface area contributed by atoms with Gasteiger partial charge in [-0.05, 0) is 18.6 Å². The minimum atomic E-state index is -0.371. The van der Waals surface area contributed by atoms with Crippen molar-refractivity contribution in [3.8, 4) is 0 Å². The van der Waals surface area contributed by atoms with Gasteiger partial charge < -0.3 is 0 Å². The van der Waals surface area contributed by atoms with Crippen LogP contribution in [0.3, 0.4) is 0 Å². The number of nitrogens with zero attached hydrogens (tertiary/aromatic N) is 3. The molecule has 1 saturated heterocycles. The maximum absolute atomic E-state index is 11.9. The van der Waals surface area contributed by atoms with Gasteiger partial charge in [-0.15, -0.1) is 0 Å². The Morgan fingerprint density at radius 2 is 2.22 bits per heavy atom. The lowest BCUT2D eigenvalue weighted by Gasteiger charge is -2.21. The van der Waals surface area contributed by atoms with Crippen LogP contribution < -0.4 is 5.32 Å². The first-order chi connectivity index (χ1) is 8.65. The summed E-state index contributed by atoms with van der Waals surface area (Å²) >= 11 is 3.39. The quantitative estimate of drug-likeness (QED) is 0.798. The molecule has 3 heterocycles. The molecule has 0 bridgehead atoms. The zero-order valence-corrected chi connectivity index (χ0v) is 10.8. The molecule has 3 rings (SSSR count). The van der Waals surface area contributed by atoms with E-state index >= 15 is 0 Å². The van der Waals surface area contributed by atoms with Gasteiger partial charge in [-0.1, -0.05) is 15.9 Å². The second-order valence-electron chi connectivity index (χ2n) is 4.13. The van der Waals surface area contributed by atoms with Gasteiger partial charge in [0.05, 0.1) is 11.6 Å².